The summed E-state index contributed by atoms with van der Waals surface area (Å²) < 4.78 is 32.0. The second-order valence-electron chi connectivity index (χ2n) is 4.22. The average molecular weight is 244 g/mol. The predicted octanol–water partition coefficient (Wildman–Crippen LogP) is 3.04. The monoisotopic (exact) mass is 244 g/mol. The number of methoxy groups -OCH3 is 1. The summed E-state index contributed by atoms with van der Waals surface area (Å²) in [6.07, 6.45) is 1.07. The Morgan fingerprint density at radius 2 is 2.00 bits per heavy atom. The minimum absolute atomic E-state index is 0.0367. The Morgan fingerprint density at radius 1 is 1.35 bits per heavy atom. The molecule has 0 spiro atoms. The molecule has 0 aliphatic heterocycles. The number of alkyl halides is 2. The van der Waals surface area contributed by atoms with E-state index < -0.39 is 5.92 Å². The molecule has 96 valence electrons. The number of aryl methyl sites for hydroxylation is 2. The minimum Gasteiger partial charge on any atom is -0.496 e. The number of rotatable bonds is 5. The van der Waals surface area contributed by atoms with Gasteiger partial charge >= 0.3 is 0 Å². The third-order valence-electron chi connectivity index (χ3n) is 2.59. The maximum absolute atomic E-state index is 13.5. The van der Waals surface area contributed by atoms with Gasteiger partial charge in [0.1, 0.15) is 5.75 Å². The van der Waals surface area contributed by atoms with Crippen LogP contribution in [-0.2, 0) is 12.3 Å². The van der Waals surface area contributed by atoms with Crippen LogP contribution in [0.4, 0.5) is 8.78 Å². The molecule has 0 aliphatic carbocycles. The first kappa shape index (κ1) is 13.9. The van der Waals surface area contributed by atoms with Crippen molar-refractivity contribution in [1.29, 1.82) is 0 Å². The molecular formula is C13H18F2O2. The molecule has 0 aromatic heterocycles. The zero-order chi connectivity index (χ0) is 13.1. The second-order valence-corrected chi connectivity index (χ2v) is 4.22. The maximum Gasteiger partial charge on any atom is 0.274 e. The van der Waals surface area contributed by atoms with E-state index in [0.717, 1.165) is 18.1 Å². The molecule has 0 bridgehead atoms. The van der Waals surface area contributed by atoms with Crippen molar-refractivity contribution < 1.29 is 18.6 Å². The Balaban J connectivity index is 3.25. The van der Waals surface area contributed by atoms with E-state index in [4.69, 9.17) is 9.84 Å². The van der Waals surface area contributed by atoms with Crippen molar-refractivity contribution in [2.75, 3.05) is 13.7 Å². The Labute approximate surface area is 100 Å². The van der Waals surface area contributed by atoms with Crippen molar-refractivity contribution in [2.24, 2.45) is 0 Å². The number of aliphatic hydroxyl groups excluding tert-OH is 1. The van der Waals surface area contributed by atoms with Gasteiger partial charge < -0.3 is 9.84 Å². The largest absolute Gasteiger partial charge is 0.496 e. The summed E-state index contributed by atoms with van der Waals surface area (Å²) in [4.78, 5) is 0. The summed E-state index contributed by atoms with van der Waals surface area (Å²) in [6.45, 7) is 2.67. The fourth-order valence-corrected chi connectivity index (χ4v) is 1.87. The molecule has 0 aliphatic rings. The summed E-state index contributed by atoms with van der Waals surface area (Å²) in [5, 5.41) is 8.80. The first-order chi connectivity index (χ1) is 7.90. The SMILES string of the molecule is COc1c(CCCO)cc(C)cc1C(C)(F)F. The van der Waals surface area contributed by atoms with E-state index in [1.165, 1.54) is 13.2 Å². The van der Waals surface area contributed by atoms with Crippen molar-refractivity contribution in [3.63, 3.8) is 0 Å². The molecule has 1 N–H and O–H groups in total. The Bertz CT molecular complexity index is 384. The highest BCUT2D eigenvalue weighted by Gasteiger charge is 2.30. The van der Waals surface area contributed by atoms with Crippen molar-refractivity contribution >= 4 is 0 Å². The molecule has 1 aromatic rings. The quantitative estimate of drug-likeness (QED) is 0.862. The zero-order valence-electron chi connectivity index (χ0n) is 10.4. The van der Waals surface area contributed by atoms with Crippen LogP contribution in [0.25, 0.3) is 0 Å². The van der Waals surface area contributed by atoms with Crippen LogP contribution in [0.15, 0.2) is 12.1 Å². The molecule has 0 saturated carbocycles. The number of hydrogen-bond donors (Lipinski definition) is 1. The molecule has 0 amide bonds. The summed E-state index contributed by atoms with van der Waals surface area (Å²) >= 11 is 0. The van der Waals surface area contributed by atoms with Crippen LogP contribution in [0.5, 0.6) is 5.75 Å². The van der Waals surface area contributed by atoms with Gasteiger partial charge in [0, 0.05) is 13.5 Å². The Kier molecular flexibility index (Phi) is 4.46. The standard InChI is InChI=1S/C13H18F2O2/c1-9-7-10(5-4-6-16)12(17-3)11(8-9)13(2,14)15/h7-8,16H,4-6H2,1-3H3. The number of aliphatic hydroxyl groups is 1. The summed E-state index contributed by atoms with van der Waals surface area (Å²) in [5.74, 6) is -2.69. The predicted molar refractivity (Wildman–Crippen MR) is 62.7 cm³/mol. The van der Waals surface area contributed by atoms with Crippen LogP contribution < -0.4 is 4.74 Å². The molecule has 1 rings (SSSR count). The van der Waals surface area contributed by atoms with E-state index in [1.807, 2.05) is 6.07 Å². The zero-order valence-corrected chi connectivity index (χ0v) is 10.4. The van der Waals surface area contributed by atoms with Crippen LogP contribution >= 0.6 is 0 Å². The number of benzene rings is 1. The van der Waals surface area contributed by atoms with E-state index in [-0.39, 0.29) is 17.9 Å². The molecular weight excluding hydrogens is 226 g/mol. The van der Waals surface area contributed by atoms with Crippen LogP contribution in [0, 0.1) is 6.92 Å². The molecule has 0 radical (unpaired) electrons. The van der Waals surface area contributed by atoms with E-state index in [1.54, 1.807) is 6.92 Å². The van der Waals surface area contributed by atoms with E-state index >= 15 is 0 Å². The van der Waals surface area contributed by atoms with Crippen molar-refractivity contribution in [3.05, 3.63) is 28.8 Å². The molecule has 4 heteroatoms. The number of hydrogen-bond acceptors (Lipinski definition) is 2. The lowest BCUT2D eigenvalue weighted by atomic mass is 9.98. The third-order valence-corrected chi connectivity index (χ3v) is 2.59. The fraction of sp³-hybridized carbons (Fsp3) is 0.538. The molecule has 0 atom stereocenters. The van der Waals surface area contributed by atoms with Crippen molar-refractivity contribution in [3.8, 4) is 5.75 Å². The van der Waals surface area contributed by atoms with Gasteiger partial charge in [-0.1, -0.05) is 11.6 Å². The molecule has 0 fully saturated rings. The highest BCUT2D eigenvalue weighted by Crippen LogP contribution is 2.38. The Morgan fingerprint density at radius 3 is 2.47 bits per heavy atom. The third kappa shape index (κ3) is 3.40. The van der Waals surface area contributed by atoms with Gasteiger partial charge in [-0.3, -0.25) is 0 Å². The Hall–Kier alpha value is -1.16. The normalized spacial score (nSPS) is 11.6. The summed E-state index contributed by atoms with van der Waals surface area (Å²) in [6, 6.07) is 3.27. The first-order valence-corrected chi connectivity index (χ1v) is 5.56. The fourth-order valence-electron chi connectivity index (χ4n) is 1.87. The maximum atomic E-state index is 13.5. The minimum atomic E-state index is -2.93. The average Bonchev–Trinajstić information content (AvgIpc) is 2.24. The van der Waals surface area contributed by atoms with Gasteiger partial charge in [0.2, 0.25) is 0 Å². The van der Waals surface area contributed by atoms with Gasteiger partial charge in [-0.2, -0.15) is 0 Å². The molecule has 0 unspecified atom stereocenters. The summed E-state index contributed by atoms with van der Waals surface area (Å²) in [7, 11) is 1.39. The van der Waals surface area contributed by atoms with Crippen LogP contribution in [-0.4, -0.2) is 18.8 Å². The molecule has 1 aromatic carbocycles. The molecule has 17 heavy (non-hydrogen) atoms. The first-order valence-electron chi connectivity index (χ1n) is 5.56. The summed E-state index contributed by atoms with van der Waals surface area (Å²) in [5.41, 5.74) is 1.40. The van der Waals surface area contributed by atoms with E-state index in [2.05, 4.69) is 0 Å². The van der Waals surface area contributed by atoms with Gasteiger partial charge in [0.25, 0.3) is 5.92 Å². The highest BCUT2D eigenvalue weighted by molar-refractivity contribution is 5.46. The number of halogens is 2. The van der Waals surface area contributed by atoms with Crippen molar-refractivity contribution in [2.45, 2.75) is 32.6 Å². The van der Waals surface area contributed by atoms with Crippen LogP contribution in [0.1, 0.15) is 30.0 Å². The van der Waals surface area contributed by atoms with Crippen LogP contribution in [0.2, 0.25) is 0 Å². The smallest absolute Gasteiger partial charge is 0.274 e. The van der Waals surface area contributed by atoms with Gasteiger partial charge in [0.05, 0.1) is 12.7 Å². The lowest BCUT2D eigenvalue weighted by molar-refractivity contribution is 0.0149. The van der Waals surface area contributed by atoms with Gasteiger partial charge in [-0.05, 0) is 31.4 Å². The lowest BCUT2D eigenvalue weighted by Gasteiger charge is -2.19. The van der Waals surface area contributed by atoms with Crippen LogP contribution in [0.3, 0.4) is 0 Å². The van der Waals surface area contributed by atoms with Crippen molar-refractivity contribution in [1.82, 2.24) is 0 Å². The highest BCUT2D eigenvalue weighted by atomic mass is 19.3. The molecule has 0 heterocycles. The topological polar surface area (TPSA) is 29.5 Å². The number of ether oxygens (including phenoxy) is 1. The van der Waals surface area contributed by atoms with E-state index in [0.29, 0.717) is 12.8 Å². The molecule has 2 nitrogen and oxygen atoms in total. The van der Waals surface area contributed by atoms with Gasteiger partial charge in [-0.15, -0.1) is 0 Å². The lowest BCUT2D eigenvalue weighted by Crippen LogP contribution is -2.11. The second kappa shape index (κ2) is 5.45. The van der Waals surface area contributed by atoms with Gasteiger partial charge in [0.15, 0.2) is 0 Å². The van der Waals surface area contributed by atoms with Gasteiger partial charge in [-0.25, -0.2) is 8.78 Å². The molecule has 0 saturated heterocycles. The van der Waals surface area contributed by atoms with E-state index in [9.17, 15) is 8.78 Å².